The fraction of sp³-hybridized carbons (Fsp3) is 0.0526. The molecular formula is C19H14O3. The van der Waals surface area contributed by atoms with Gasteiger partial charge in [-0.2, -0.15) is 0 Å². The van der Waals surface area contributed by atoms with Crippen LogP contribution in [0.5, 0.6) is 5.75 Å². The van der Waals surface area contributed by atoms with Crippen LogP contribution in [0.3, 0.4) is 0 Å². The normalized spacial score (nSPS) is 10.4. The van der Waals surface area contributed by atoms with E-state index in [9.17, 15) is 9.59 Å². The SMILES string of the molecule is O=Cc1ccccc1OC(=O)Cc1cccc2ccccc12. The van der Waals surface area contributed by atoms with Crippen molar-refractivity contribution in [2.75, 3.05) is 0 Å². The van der Waals surface area contributed by atoms with Gasteiger partial charge in [0, 0.05) is 0 Å². The van der Waals surface area contributed by atoms with Crippen LogP contribution in [0.2, 0.25) is 0 Å². The molecule has 0 unspecified atom stereocenters. The fourth-order valence-corrected chi connectivity index (χ4v) is 2.43. The third kappa shape index (κ3) is 2.88. The van der Waals surface area contributed by atoms with Crippen LogP contribution in [0, 0.1) is 0 Å². The van der Waals surface area contributed by atoms with Crippen LogP contribution >= 0.6 is 0 Å². The van der Waals surface area contributed by atoms with Gasteiger partial charge in [-0.15, -0.1) is 0 Å². The van der Waals surface area contributed by atoms with E-state index >= 15 is 0 Å². The van der Waals surface area contributed by atoms with E-state index in [0.29, 0.717) is 17.6 Å². The van der Waals surface area contributed by atoms with Gasteiger partial charge in [-0.3, -0.25) is 9.59 Å². The van der Waals surface area contributed by atoms with Crippen molar-refractivity contribution in [3.8, 4) is 5.75 Å². The first-order valence-electron chi connectivity index (χ1n) is 6.99. The number of esters is 1. The molecule has 3 aromatic rings. The monoisotopic (exact) mass is 290 g/mol. The number of rotatable bonds is 4. The molecule has 0 heterocycles. The molecular weight excluding hydrogens is 276 g/mol. The Bertz CT molecular complexity index is 831. The summed E-state index contributed by atoms with van der Waals surface area (Å²) in [7, 11) is 0. The van der Waals surface area contributed by atoms with Crippen molar-refractivity contribution in [1.29, 1.82) is 0 Å². The van der Waals surface area contributed by atoms with Crippen molar-refractivity contribution < 1.29 is 14.3 Å². The zero-order valence-corrected chi connectivity index (χ0v) is 11.9. The Hall–Kier alpha value is -2.94. The first-order valence-corrected chi connectivity index (χ1v) is 6.99. The first kappa shape index (κ1) is 14.0. The Labute approximate surface area is 128 Å². The highest BCUT2D eigenvalue weighted by atomic mass is 16.5. The van der Waals surface area contributed by atoms with E-state index in [4.69, 9.17) is 4.74 Å². The minimum absolute atomic E-state index is 0.161. The molecule has 3 heteroatoms. The molecule has 0 atom stereocenters. The molecule has 0 aliphatic rings. The maximum atomic E-state index is 12.2. The zero-order valence-electron chi connectivity index (χ0n) is 11.9. The maximum Gasteiger partial charge on any atom is 0.315 e. The average molecular weight is 290 g/mol. The smallest absolute Gasteiger partial charge is 0.315 e. The number of benzene rings is 3. The molecule has 0 aliphatic heterocycles. The number of ether oxygens (including phenoxy) is 1. The highest BCUT2D eigenvalue weighted by molar-refractivity contribution is 5.90. The number of para-hydroxylation sites is 1. The van der Waals surface area contributed by atoms with Gasteiger partial charge in [-0.25, -0.2) is 0 Å². The predicted octanol–water partition coefficient (Wildman–Crippen LogP) is 3.80. The minimum Gasteiger partial charge on any atom is -0.426 e. The van der Waals surface area contributed by atoms with Gasteiger partial charge >= 0.3 is 5.97 Å². The van der Waals surface area contributed by atoms with Crippen LogP contribution in [0.4, 0.5) is 0 Å². The van der Waals surface area contributed by atoms with Crippen molar-refractivity contribution in [1.82, 2.24) is 0 Å². The molecule has 0 amide bonds. The third-order valence-electron chi connectivity index (χ3n) is 3.48. The Morgan fingerprint density at radius 2 is 1.64 bits per heavy atom. The molecule has 3 rings (SSSR count). The molecule has 0 aliphatic carbocycles. The number of carbonyl (C=O) groups excluding carboxylic acids is 2. The average Bonchev–Trinajstić information content (AvgIpc) is 2.55. The summed E-state index contributed by atoms with van der Waals surface area (Å²) in [5.41, 5.74) is 1.28. The largest absolute Gasteiger partial charge is 0.426 e. The lowest BCUT2D eigenvalue weighted by Crippen LogP contribution is -2.12. The number of hydrogen-bond acceptors (Lipinski definition) is 3. The summed E-state index contributed by atoms with van der Waals surface area (Å²) in [4.78, 5) is 23.1. The lowest BCUT2D eigenvalue weighted by Gasteiger charge is -2.08. The Balaban J connectivity index is 1.83. The minimum atomic E-state index is -0.384. The quantitative estimate of drug-likeness (QED) is 0.417. The van der Waals surface area contributed by atoms with Crippen LogP contribution in [-0.4, -0.2) is 12.3 Å². The zero-order chi connectivity index (χ0) is 15.4. The highest BCUT2D eigenvalue weighted by Gasteiger charge is 2.11. The second kappa shape index (κ2) is 6.22. The maximum absolute atomic E-state index is 12.2. The molecule has 0 bridgehead atoms. The summed E-state index contributed by atoms with van der Waals surface area (Å²) in [6, 6.07) is 20.4. The summed E-state index contributed by atoms with van der Waals surface area (Å²) in [5.74, 6) is -0.0895. The summed E-state index contributed by atoms with van der Waals surface area (Å²) in [5, 5.41) is 2.12. The number of aldehydes is 1. The Kier molecular flexibility index (Phi) is 3.97. The molecule has 0 radical (unpaired) electrons. The van der Waals surface area contributed by atoms with Gasteiger partial charge in [0.2, 0.25) is 0 Å². The van der Waals surface area contributed by atoms with Crippen molar-refractivity contribution in [2.24, 2.45) is 0 Å². The first-order chi connectivity index (χ1) is 10.8. The standard InChI is InChI=1S/C19H14O3/c20-13-16-7-2-4-11-18(16)22-19(21)12-15-9-5-8-14-6-1-3-10-17(14)15/h1-11,13H,12H2. The van der Waals surface area contributed by atoms with Gasteiger partial charge in [-0.05, 0) is 28.5 Å². The molecule has 0 saturated heterocycles. The second-order valence-electron chi connectivity index (χ2n) is 4.94. The molecule has 3 aromatic carbocycles. The molecule has 3 nitrogen and oxygen atoms in total. The Morgan fingerprint density at radius 3 is 2.50 bits per heavy atom. The van der Waals surface area contributed by atoms with Crippen LogP contribution in [0.25, 0.3) is 10.8 Å². The van der Waals surface area contributed by atoms with Gasteiger partial charge in [0.05, 0.1) is 12.0 Å². The molecule has 0 spiro atoms. The van der Waals surface area contributed by atoms with Crippen LogP contribution < -0.4 is 4.74 Å². The highest BCUT2D eigenvalue weighted by Crippen LogP contribution is 2.21. The van der Waals surface area contributed by atoms with Crippen molar-refractivity contribution in [3.05, 3.63) is 77.9 Å². The van der Waals surface area contributed by atoms with E-state index in [1.165, 1.54) is 0 Å². The Morgan fingerprint density at radius 1 is 0.909 bits per heavy atom. The molecule has 0 saturated carbocycles. The lowest BCUT2D eigenvalue weighted by molar-refractivity contribution is -0.133. The van der Waals surface area contributed by atoms with Crippen molar-refractivity contribution in [3.63, 3.8) is 0 Å². The van der Waals surface area contributed by atoms with E-state index in [0.717, 1.165) is 16.3 Å². The van der Waals surface area contributed by atoms with Gasteiger partial charge in [-0.1, -0.05) is 54.6 Å². The van der Waals surface area contributed by atoms with E-state index in [1.54, 1.807) is 24.3 Å². The predicted molar refractivity (Wildman–Crippen MR) is 85.1 cm³/mol. The number of carbonyl (C=O) groups is 2. The van der Waals surface area contributed by atoms with Gasteiger partial charge in [0.15, 0.2) is 6.29 Å². The summed E-state index contributed by atoms with van der Waals surface area (Å²) in [6.07, 6.45) is 0.842. The van der Waals surface area contributed by atoms with E-state index in [1.807, 2.05) is 42.5 Å². The topological polar surface area (TPSA) is 43.4 Å². The molecule has 0 aromatic heterocycles. The van der Waals surface area contributed by atoms with Gasteiger partial charge < -0.3 is 4.74 Å². The van der Waals surface area contributed by atoms with Crippen molar-refractivity contribution >= 4 is 23.0 Å². The van der Waals surface area contributed by atoms with Gasteiger partial charge in [0.25, 0.3) is 0 Å². The van der Waals surface area contributed by atoms with Crippen LogP contribution in [0.1, 0.15) is 15.9 Å². The number of hydrogen-bond donors (Lipinski definition) is 0. The summed E-state index contributed by atoms with van der Waals surface area (Å²) in [6.45, 7) is 0. The van der Waals surface area contributed by atoms with Crippen LogP contribution in [0.15, 0.2) is 66.7 Å². The van der Waals surface area contributed by atoms with E-state index in [2.05, 4.69) is 0 Å². The van der Waals surface area contributed by atoms with E-state index in [-0.39, 0.29) is 12.4 Å². The molecule has 0 fully saturated rings. The van der Waals surface area contributed by atoms with Crippen molar-refractivity contribution in [2.45, 2.75) is 6.42 Å². The fourth-order valence-electron chi connectivity index (χ4n) is 2.43. The van der Waals surface area contributed by atoms with Gasteiger partial charge in [0.1, 0.15) is 5.75 Å². The second-order valence-corrected chi connectivity index (χ2v) is 4.94. The molecule has 22 heavy (non-hydrogen) atoms. The van der Waals surface area contributed by atoms with E-state index < -0.39 is 0 Å². The third-order valence-corrected chi connectivity index (χ3v) is 3.48. The molecule has 0 N–H and O–H groups in total. The summed E-state index contributed by atoms with van der Waals surface area (Å²) >= 11 is 0. The lowest BCUT2D eigenvalue weighted by atomic mass is 10.0. The number of fused-ring (bicyclic) bond motifs is 1. The molecule has 108 valence electrons. The van der Waals surface area contributed by atoms with Crippen LogP contribution in [-0.2, 0) is 11.2 Å². The summed E-state index contributed by atoms with van der Waals surface area (Å²) < 4.78 is 5.32.